The molecule has 0 radical (unpaired) electrons. The predicted octanol–water partition coefficient (Wildman–Crippen LogP) is 2.97. The largest absolute Gasteiger partial charge is 0.497 e. The summed E-state index contributed by atoms with van der Waals surface area (Å²) in [6.07, 6.45) is 1.27. The topological polar surface area (TPSA) is 56.5 Å². The van der Waals surface area contributed by atoms with E-state index in [9.17, 15) is 9.00 Å². The van der Waals surface area contributed by atoms with Gasteiger partial charge in [0.25, 0.3) is 0 Å². The summed E-state index contributed by atoms with van der Waals surface area (Å²) in [6.45, 7) is 0. The van der Waals surface area contributed by atoms with Gasteiger partial charge in [-0.05, 0) is 36.4 Å². The molecule has 1 atom stereocenters. The van der Waals surface area contributed by atoms with Crippen molar-refractivity contribution in [2.24, 2.45) is 0 Å². The number of hydrogen-bond acceptors (Lipinski definition) is 4. The lowest BCUT2D eigenvalue weighted by Gasteiger charge is -2.04. The third kappa shape index (κ3) is 2.48. The lowest BCUT2D eigenvalue weighted by Crippen LogP contribution is -2.10. The molecule has 0 amide bonds. The van der Waals surface area contributed by atoms with Gasteiger partial charge in [0, 0.05) is 4.90 Å². The summed E-state index contributed by atoms with van der Waals surface area (Å²) < 4.78 is 23.0. The normalized spacial score (nSPS) is 12.2. The van der Waals surface area contributed by atoms with Gasteiger partial charge in [0.05, 0.1) is 23.3 Å². The van der Waals surface area contributed by atoms with Crippen molar-refractivity contribution in [2.45, 2.75) is 9.79 Å². The maximum atomic E-state index is 12.5. The summed E-state index contributed by atoms with van der Waals surface area (Å²) in [5.74, 6) is 0.668. The second-order valence-corrected chi connectivity index (χ2v) is 5.82. The maximum absolute atomic E-state index is 12.5. The summed E-state index contributed by atoms with van der Waals surface area (Å²) in [4.78, 5) is 13.1. The quantitative estimate of drug-likeness (QED) is 0.746. The Kier molecular flexibility index (Phi) is 3.58. The molecule has 106 valence electrons. The zero-order valence-corrected chi connectivity index (χ0v) is 12.1. The fourth-order valence-electron chi connectivity index (χ4n) is 2.01. The summed E-state index contributed by atoms with van der Waals surface area (Å²) >= 11 is 0. The van der Waals surface area contributed by atoms with Gasteiger partial charge in [-0.25, -0.2) is 4.21 Å². The monoisotopic (exact) mass is 300 g/mol. The Morgan fingerprint density at radius 3 is 2.48 bits per heavy atom. The number of fused-ring (bicyclic) bond motifs is 1. The van der Waals surface area contributed by atoms with Crippen LogP contribution in [0.3, 0.4) is 0 Å². The molecule has 0 aliphatic heterocycles. The summed E-state index contributed by atoms with van der Waals surface area (Å²) in [7, 11) is -0.0270. The molecule has 0 N–H and O–H groups in total. The van der Waals surface area contributed by atoms with Crippen molar-refractivity contribution < 1.29 is 13.4 Å². The average molecular weight is 300 g/mol. The van der Waals surface area contributed by atoms with E-state index in [1.807, 2.05) is 0 Å². The van der Waals surface area contributed by atoms with Gasteiger partial charge in [-0.15, -0.1) is 0 Å². The van der Waals surface area contributed by atoms with Gasteiger partial charge in [-0.3, -0.25) is 4.79 Å². The first-order valence-electron chi connectivity index (χ1n) is 6.27. The minimum absolute atomic E-state index is 0.138. The van der Waals surface area contributed by atoms with Crippen molar-refractivity contribution >= 4 is 21.8 Å². The van der Waals surface area contributed by atoms with Crippen LogP contribution in [-0.2, 0) is 10.8 Å². The molecule has 3 aromatic rings. The summed E-state index contributed by atoms with van der Waals surface area (Å²) in [5.41, 5.74) is 0.212. The molecule has 5 heteroatoms. The van der Waals surface area contributed by atoms with E-state index in [0.29, 0.717) is 21.6 Å². The first-order valence-corrected chi connectivity index (χ1v) is 7.42. The zero-order chi connectivity index (χ0) is 14.8. The van der Waals surface area contributed by atoms with Crippen LogP contribution in [-0.4, -0.2) is 11.3 Å². The number of benzene rings is 2. The highest BCUT2D eigenvalue weighted by molar-refractivity contribution is 7.85. The van der Waals surface area contributed by atoms with Crippen molar-refractivity contribution in [1.82, 2.24) is 0 Å². The van der Waals surface area contributed by atoms with Gasteiger partial charge in [0.2, 0.25) is 5.43 Å². The van der Waals surface area contributed by atoms with Crippen LogP contribution in [0.1, 0.15) is 0 Å². The van der Waals surface area contributed by atoms with E-state index >= 15 is 0 Å². The molecular formula is C16H12O4S. The third-order valence-corrected chi connectivity index (χ3v) is 4.50. The fraction of sp³-hybridized carbons (Fsp3) is 0.0625. The number of rotatable bonds is 3. The van der Waals surface area contributed by atoms with Crippen molar-refractivity contribution in [1.29, 1.82) is 0 Å². The van der Waals surface area contributed by atoms with E-state index in [1.165, 1.54) is 6.26 Å². The summed E-state index contributed by atoms with van der Waals surface area (Å²) in [6, 6.07) is 13.6. The highest BCUT2D eigenvalue weighted by Crippen LogP contribution is 2.19. The van der Waals surface area contributed by atoms with Crippen molar-refractivity contribution in [3.8, 4) is 5.75 Å². The molecule has 3 rings (SSSR count). The van der Waals surface area contributed by atoms with Crippen LogP contribution in [0.15, 0.2) is 73.8 Å². The van der Waals surface area contributed by atoms with Crippen LogP contribution in [0, 0.1) is 0 Å². The molecule has 1 unspecified atom stereocenters. The molecule has 21 heavy (non-hydrogen) atoms. The van der Waals surface area contributed by atoms with E-state index in [2.05, 4.69) is 0 Å². The minimum Gasteiger partial charge on any atom is -0.497 e. The second-order valence-electron chi connectivity index (χ2n) is 4.37. The first-order chi connectivity index (χ1) is 10.2. The van der Waals surface area contributed by atoms with E-state index in [1.54, 1.807) is 55.6 Å². The Morgan fingerprint density at radius 1 is 1.05 bits per heavy atom. The zero-order valence-electron chi connectivity index (χ0n) is 11.2. The van der Waals surface area contributed by atoms with Crippen LogP contribution >= 0.6 is 0 Å². The lowest BCUT2D eigenvalue weighted by atomic mass is 10.2. The highest BCUT2D eigenvalue weighted by atomic mass is 32.2. The molecule has 0 saturated heterocycles. The molecule has 0 bridgehead atoms. The molecule has 0 aliphatic rings. The standard InChI is InChI=1S/C16H12O4S/c1-19-11-6-8-12(9-7-11)21(18)15-10-20-14-5-3-2-4-13(14)16(15)17/h2-10H,1H3. The van der Waals surface area contributed by atoms with E-state index in [0.717, 1.165) is 0 Å². The number of ether oxygens (including phenoxy) is 1. The molecule has 1 heterocycles. The van der Waals surface area contributed by atoms with Gasteiger partial charge in [0.1, 0.15) is 22.5 Å². The Morgan fingerprint density at radius 2 is 1.76 bits per heavy atom. The molecule has 0 saturated carbocycles. The maximum Gasteiger partial charge on any atom is 0.209 e. The van der Waals surface area contributed by atoms with Gasteiger partial charge in [0.15, 0.2) is 0 Å². The minimum atomic E-state index is -1.59. The molecule has 2 aromatic carbocycles. The molecule has 4 nitrogen and oxygen atoms in total. The van der Waals surface area contributed by atoms with Crippen LogP contribution in [0.2, 0.25) is 0 Å². The lowest BCUT2D eigenvalue weighted by molar-refractivity contribution is 0.414. The van der Waals surface area contributed by atoms with Gasteiger partial charge in [-0.2, -0.15) is 0 Å². The van der Waals surface area contributed by atoms with Crippen LogP contribution in [0.4, 0.5) is 0 Å². The Bertz CT molecular complexity index is 865. The fourth-order valence-corrected chi connectivity index (χ4v) is 3.07. The van der Waals surface area contributed by atoms with Gasteiger partial charge in [-0.1, -0.05) is 12.1 Å². The average Bonchev–Trinajstić information content (AvgIpc) is 2.55. The SMILES string of the molecule is COc1ccc(S(=O)c2coc3ccccc3c2=O)cc1. The third-order valence-electron chi connectivity index (χ3n) is 3.12. The molecule has 0 fully saturated rings. The van der Waals surface area contributed by atoms with E-state index in [4.69, 9.17) is 9.15 Å². The molecule has 0 spiro atoms. The van der Waals surface area contributed by atoms with Crippen molar-refractivity contribution in [2.75, 3.05) is 7.11 Å². The Balaban J connectivity index is 2.09. The van der Waals surface area contributed by atoms with Gasteiger partial charge >= 0.3 is 0 Å². The predicted molar refractivity (Wildman–Crippen MR) is 80.2 cm³/mol. The number of methoxy groups -OCH3 is 1. The smallest absolute Gasteiger partial charge is 0.209 e. The number of hydrogen-bond donors (Lipinski definition) is 0. The molecule has 1 aromatic heterocycles. The Hall–Kier alpha value is -2.40. The number of para-hydroxylation sites is 1. The van der Waals surface area contributed by atoms with Crippen molar-refractivity contribution in [3.05, 3.63) is 65.0 Å². The Labute approximate surface area is 123 Å². The van der Waals surface area contributed by atoms with Gasteiger partial charge < -0.3 is 9.15 Å². The van der Waals surface area contributed by atoms with Crippen LogP contribution in [0.5, 0.6) is 5.75 Å². The van der Waals surface area contributed by atoms with Crippen molar-refractivity contribution in [3.63, 3.8) is 0 Å². The van der Waals surface area contributed by atoms with E-state index in [-0.39, 0.29) is 10.3 Å². The first kappa shape index (κ1) is 13.6. The second kappa shape index (κ2) is 5.54. The molecule has 0 aliphatic carbocycles. The molecular weight excluding hydrogens is 288 g/mol. The van der Waals surface area contributed by atoms with Crippen LogP contribution in [0.25, 0.3) is 11.0 Å². The summed E-state index contributed by atoms with van der Waals surface area (Å²) in [5, 5.41) is 0.428. The van der Waals surface area contributed by atoms with E-state index < -0.39 is 10.8 Å². The van der Waals surface area contributed by atoms with Crippen LogP contribution < -0.4 is 10.2 Å². The highest BCUT2D eigenvalue weighted by Gasteiger charge is 2.14.